The number of phenols is 1. The van der Waals surface area contributed by atoms with Crippen molar-refractivity contribution in [3.8, 4) is 5.75 Å². The van der Waals surface area contributed by atoms with Gasteiger partial charge >= 0.3 is 5.97 Å². The standard InChI is InChI=1S/C9H6O3S.Ac/c10-5-1-2-8-6(3-5)7(4-13-8)9(11)12;/h1-4,10H,(H,11,12);. The first kappa shape index (κ1) is 12.0. The molecule has 2 rings (SSSR count). The average Bonchev–Trinajstić information content (AvgIpc) is 2.46. The number of rotatable bonds is 1. The first-order chi connectivity index (χ1) is 6.18. The van der Waals surface area contributed by atoms with E-state index in [4.69, 9.17) is 10.2 Å². The van der Waals surface area contributed by atoms with Gasteiger partial charge in [0.05, 0.1) is 5.56 Å². The van der Waals surface area contributed by atoms with Gasteiger partial charge in [-0.05, 0) is 18.2 Å². The monoisotopic (exact) mass is 421 g/mol. The van der Waals surface area contributed by atoms with E-state index in [0.29, 0.717) is 5.39 Å². The van der Waals surface area contributed by atoms with Crippen molar-refractivity contribution in [1.82, 2.24) is 0 Å². The average molecular weight is 421 g/mol. The van der Waals surface area contributed by atoms with Crippen LogP contribution in [0.25, 0.3) is 10.1 Å². The minimum absolute atomic E-state index is 0. The summed E-state index contributed by atoms with van der Waals surface area (Å²) in [5.74, 6) is -0.870. The summed E-state index contributed by atoms with van der Waals surface area (Å²) in [6.07, 6.45) is 0. The van der Waals surface area contributed by atoms with Gasteiger partial charge in [0.15, 0.2) is 0 Å². The van der Waals surface area contributed by atoms with Gasteiger partial charge in [-0.15, -0.1) is 11.3 Å². The molecule has 0 unspecified atom stereocenters. The first-order valence-corrected chi connectivity index (χ1v) is 4.50. The second-order valence-corrected chi connectivity index (χ2v) is 3.55. The molecule has 0 aliphatic carbocycles. The molecule has 1 aromatic heterocycles. The Morgan fingerprint density at radius 3 is 2.71 bits per heavy atom. The predicted octanol–water partition coefficient (Wildman–Crippen LogP) is 2.31. The number of hydrogen-bond donors (Lipinski definition) is 2. The molecule has 3 nitrogen and oxygen atoms in total. The molecular weight excluding hydrogens is 415 g/mol. The second kappa shape index (κ2) is 4.61. The molecule has 0 bridgehead atoms. The minimum atomic E-state index is -0.961. The number of carboxylic acid groups (broad SMARTS) is 1. The Hall–Kier alpha value is -0.108. The number of thiophene rings is 1. The quantitative estimate of drug-likeness (QED) is 0.744. The van der Waals surface area contributed by atoms with Gasteiger partial charge in [-0.2, -0.15) is 0 Å². The van der Waals surface area contributed by atoms with Gasteiger partial charge in [-0.1, -0.05) is 0 Å². The molecule has 5 heteroatoms. The van der Waals surface area contributed by atoms with Crippen LogP contribution in [0, 0.1) is 44.1 Å². The second-order valence-electron chi connectivity index (χ2n) is 2.63. The van der Waals surface area contributed by atoms with Crippen molar-refractivity contribution in [2.75, 3.05) is 0 Å². The summed E-state index contributed by atoms with van der Waals surface area (Å²) >= 11 is 1.36. The van der Waals surface area contributed by atoms with Crippen LogP contribution < -0.4 is 0 Å². The van der Waals surface area contributed by atoms with E-state index in [1.165, 1.54) is 17.4 Å². The van der Waals surface area contributed by atoms with E-state index in [-0.39, 0.29) is 55.4 Å². The Labute approximate surface area is 120 Å². The summed E-state index contributed by atoms with van der Waals surface area (Å²) in [5, 5.41) is 20.1. The molecule has 1 radical (unpaired) electrons. The molecule has 0 aliphatic heterocycles. The van der Waals surface area contributed by atoms with Crippen LogP contribution in [0.5, 0.6) is 5.75 Å². The van der Waals surface area contributed by atoms with Crippen LogP contribution >= 0.6 is 11.3 Å². The number of aromatic hydroxyl groups is 1. The summed E-state index contributed by atoms with van der Waals surface area (Å²) in [5.41, 5.74) is 0.246. The number of phenolic OH excluding ortho intramolecular Hbond substituents is 1. The number of aromatic carboxylic acids is 1. The molecule has 2 aromatic rings. The molecule has 1 heterocycles. The van der Waals surface area contributed by atoms with E-state index >= 15 is 0 Å². The zero-order chi connectivity index (χ0) is 9.42. The molecule has 0 fully saturated rings. The van der Waals surface area contributed by atoms with Gasteiger partial charge in [0.25, 0.3) is 0 Å². The molecule has 0 spiro atoms. The van der Waals surface area contributed by atoms with E-state index in [1.54, 1.807) is 17.5 Å². The Morgan fingerprint density at radius 1 is 1.36 bits per heavy atom. The van der Waals surface area contributed by atoms with Crippen LogP contribution in [0.2, 0.25) is 0 Å². The Morgan fingerprint density at radius 2 is 2.07 bits per heavy atom. The van der Waals surface area contributed by atoms with Gasteiger partial charge in [-0.25, -0.2) is 4.79 Å². The number of benzene rings is 1. The Balaban J connectivity index is 0.000000980. The number of carboxylic acids is 1. The van der Waals surface area contributed by atoms with Crippen molar-refractivity contribution in [2.24, 2.45) is 0 Å². The smallest absolute Gasteiger partial charge is 0.337 e. The van der Waals surface area contributed by atoms with Crippen molar-refractivity contribution in [3.63, 3.8) is 0 Å². The zero-order valence-electron chi connectivity index (χ0n) is 7.10. The van der Waals surface area contributed by atoms with E-state index in [2.05, 4.69) is 0 Å². The third-order valence-corrected chi connectivity index (χ3v) is 2.75. The molecule has 0 saturated heterocycles. The van der Waals surface area contributed by atoms with Crippen molar-refractivity contribution in [1.29, 1.82) is 0 Å². The SMILES string of the molecule is O=C(O)c1csc2ccc(O)cc12.[Ac]. The van der Waals surface area contributed by atoms with Gasteiger partial charge in [0.1, 0.15) is 5.75 Å². The van der Waals surface area contributed by atoms with Crippen LogP contribution in [0.15, 0.2) is 23.6 Å². The summed E-state index contributed by atoms with van der Waals surface area (Å²) < 4.78 is 0.871. The molecule has 0 amide bonds. The summed E-state index contributed by atoms with van der Waals surface area (Å²) in [4.78, 5) is 10.7. The van der Waals surface area contributed by atoms with Crippen molar-refractivity contribution in [3.05, 3.63) is 29.1 Å². The predicted molar refractivity (Wildman–Crippen MR) is 50.4 cm³/mol. The van der Waals surface area contributed by atoms with Crippen LogP contribution in [0.1, 0.15) is 10.4 Å². The topological polar surface area (TPSA) is 57.5 Å². The van der Waals surface area contributed by atoms with Gasteiger partial charge in [0.2, 0.25) is 0 Å². The fourth-order valence-corrected chi connectivity index (χ4v) is 2.10. The van der Waals surface area contributed by atoms with Crippen LogP contribution in [0.3, 0.4) is 0 Å². The van der Waals surface area contributed by atoms with E-state index in [1.807, 2.05) is 0 Å². The molecule has 1 aromatic carbocycles. The Kier molecular flexibility index (Phi) is 3.94. The summed E-state index contributed by atoms with van der Waals surface area (Å²) in [7, 11) is 0. The van der Waals surface area contributed by atoms with Gasteiger partial charge < -0.3 is 10.2 Å². The van der Waals surface area contributed by atoms with Crippen LogP contribution in [0.4, 0.5) is 0 Å². The maximum absolute atomic E-state index is 10.7. The Bertz CT molecular complexity index is 478. The van der Waals surface area contributed by atoms with Crippen molar-refractivity contribution >= 4 is 27.4 Å². The first-order valence-electron chi connectivity index (χ1n) is 3.62. The normalized spacial score (nSPS) is 9.71. The van der Waals surface area contributed by atoms with Gasteiger partial charge in [0, 0.05) is 59.5 Å². The summed E-state index contributed by atoms with van der Waals surface area (Å²) in [6.45, 7) is 0. The fraction of sp³-hybridized carbons (Fsp3) is 0. The molecule has 0 saturated carbocycles. The molecule has 2 N–H and O–H groups in total. The van der Waals surface area contributed by atoms with E-state index in [9.17, 15) is 4.79 Å². The maximum Gasteiger partial charge on any atom is 0.337 e. The fourth-order valence-electron chi connectivity index (χ4n) is 1.18. The van der Waals surface area contributed by atoms with Gasteiger partial charge in [-0.3, -0.25) is 0 Å². The molecule has 0 atom stereocenters. The third-order valence-electron chi connectivity index (χ3n) is 1.79. The molecule has 14 heavy (non-hydrogen) atoms. The van der Waals surface area contributed by atoms with E-state index in [0.717, 1.165) is 4.70 Å². The molecule has 0 aliphatic rings. The van der Waals surface area contributed by atoms with E-state index < -0.39 is 5.97 Å². The maximum atomic E-state index is 10.7. The third kappa shape index (κ3) is 2.10. The minimum Gasteiger partial charge on any atom is -0.508 e. The molecular formula is C9H6AcO3S. The largest absolute Gasteiger partial charge is 0.508 e. The van der Waals surface area contributed by atoms with Crippen LogP contribution in [-0.2, 0) is 0 Å². The van der Waals surface area contributed by atoms with Crippen molar-refractivity contribution < 1.29 is 59.1 Å². The zero-order valence-corrected chi connectivity index (χ0v) is 12.7. The molecule has 69 valence electrons. The van der Waals surface area contributed by atoms with Crippen LogP contribution in [-0.4, -0.2) is 16.2 Å². The number of carbonyl (C=O) groups is 1. The number of hydrogen-bond acceptors (Lipinski definition) is 3. The summed E-state index contributed by atoms with van der Waals surface area (Å²) in [6, 6.07) is 4.72. The number of fused-ring (bicyclic) bond motifs is 1. The van der Waals surface area contributed by atoms with Crippen molar-refractivity contribution in [2.45, 2.75) is 0 Å².